The van der Waals surface area contributed by atoms with Gasteiger partial charge in [0.05, 0.1) is 5.69 Å². The molecule has 3 aromatic rings. The van der Waals surface area contributed by atoms with Gasteiger partial charge in [-0.3, -0.25) is 0 Å². The van der Waals surface area contributed by atoms with Gasteiger partial charge in [0.2, 0.25) is 10.0 Å². The summed E-state index contributed by atoms with van der Waals surface area (Å²) >= 11 is 1.45. The largest absolute Gasteiger partial charge is 0.386 e. The van der Waals surface area contributed by atoms with E-state index in [4.69, 9.17) is 0 Å². The van der Waals surface area contributed by atoms with Crippen molar-refractivity contribution in [1.29, 1.82) is 0 Å². The molecule has 0 radical (unpaired) electrons. The smallest absolute Gasteiger partial charge is 0.217 e. The summed E-state index contributed by atoms with van der Waals surface area (Å²) in [5, 5.41) is 14.8. The number of fused-ring (bicyclic) bond motifs is 1. The molecule has 0 fully saturated rings. The van der Waals surface area contributed by atoms with Crippen LogP contribution in [0.4, 0.5) is 0 Å². The molecular formula is C14H14N2O4S2. The van der Waals surface area contributed by atoms with Crippen LogP contribution in [0.3, 0.4) is 0 Å². The topological polar surface area (TPSA) is 92.4 Å². The van der Waals surface area contributed by atoms with E-state index in [1.807, 2.05) is 30.3 Å². The number of aliphatic hydroxyl groups is 1. The molecule has 2 heterocycles. The van der Waals surface area contributed by atoms with Gasteiger partial charge >= 0.3 is 0 Å². The Bertz CT molecular complexity index is 823. The van der Waals surface area contributed by atoms with Crippen LogP contribution in [-0.2, 0) is 15.8 Å². The zero-order chi connectivity index (χ0) is 15.6. The fourth-order valence-electron chi connectivity index (χ4n) is 2.03. The lowest BCUT2D eigenvalue weighted by Crippen LogP contribution is -2.29. The number of nitrogens with zero attached hydrogens (tertiary/aromatic N) is 1. The number of benzene rings is 1. The summed E-state index contributed by atoms with van der Waals surface area (Å²) in [6, 6.07) is 11.1. The highest BCUT2D eigenvalue weighted by atomic mass is 32.2. The van der Waals surface area contributed by atoms with Gasteiger partial charge in [-0.25, -0.2) is 13.1 Å². The lowest BCUT2D eigenvalue weighted by molar-refractivity contribution is 0.186. The van der Waals surface area contributed by atoms with Crippen molar-refractivity contribution in [3.8, 4) is 0 Å². The molecule has 0 aliphatic rings. The minimum Gasteiger partial charge on any atom is -0.386 e. The first-order valence-electron chi connectivity index (χ1n) is 6.57. The molecule has 1 atom stereocenters. The molecule has 0 saturated heterocycles. The third-order valence-electron chi connectivity index (χ3n) is 3.10. The highest BCUT2D eigenvalue weighted by Gasteiger charge is 2.17. The van der Waals surface area contributed by atoms with Crippen molar-refractivity contribution in [2.75, 3.05) is 6.54 Å². The van der Waals surface area contributed by atoms with E-state index in [1.165, 1.54) is 23.7 Å². The Labute approximate surface area is 131 Å². The van der Waals surface area contributed by atoms with Gasteiger partial charge in [0.1, 0.15) is 18.1 Å². The van der Waals surface area contributed by atoms with Crippen LogP contribution in [0.1, 0.15) is 16.7 Å². The van der Waals surface area contributed by atoms with E-state index in [-0.39, 0.29) is 12.3 Å². The number of nitrogens with one attached hydrogen (secondary N) is 1. The quantitative estimate of drug-likeness (QED) is 0.717. The van der Waals surface area contributed by atoms with Gasteiger partial charge in [0.15, 0.2) is 0 Å². The van der Waals surface area contributed by atoms with Crippen molar-refractivity contribution in [2.45, 2.75) is 11.9 Å². The zero-order valence-electron chi connectivity index (χ0n) is 11.5. The molecule has 116 valence electrons. The molecule has 0 amide bonds. The summed E-state index contributed by atoms with van der Waals surface area (Å²) in [6.45, 7) is -0.0764. The molecule has 1 unspecified atom stereocenters. The number of aliphatic hydroxyl groups excluding tert-OH is 1. The van der Waals surface area contributed by atoms with Crippen LogP contribution in [0.2, 0.25) is 0 Å². The van der Waals surface area contributed by atoms with Crippen molar-refractivity contribution in [3.05, 3.63) is 53.2 Å². The normalized spacial score (nSPS) is 13.5. The van der Waals surface area contributed by atoms with Gasteiger partial charge in [0.25, 0.3) is 0 Å². The summed E-state index contributed by atoms with van der Waals surface area (Å²) < 4.78 is 31.9. The second kappa shape index (κ2) is 6.17. The monoisotopic (exact) mass is 338 g/mol. The van der Waals surface area contributed by atoms with Crippen molar-refractivity contribution in [1.82, 2.24) is 9.88 Å². The number of sulfonamides is 1. The fraction of sp³-hybridized carbons (Fsp3) is 0.214. The van der Waals surface area contributed by atoms with Crippen LogP contribution in [-0.4, -0.2) is 25.2 Å². The van der Waals surface area contributed by atoms with Crippen molar-refractivity contribution < 1.29 is 18.0 Å². The Morgan fingerprint density at radius 2 is 2.14 bits per heavy atom. The van der Waals surface area contributed by atoms with Crippen LogP contribution in [0, 0.1) is 0 Å². The molecule has 2 N–H and O–H groups in total. The van der Waals surface area contributed by atoms with E-state index in [2.05, 4.69) is 14.4 Å². The minimum atomic E-state index is -3.57. The number of rotatable bonds is 6. The van der Waals surface area contributed by atoms with E-state index < -0.39 is 16.1 Å². The van der Waals surface area contributed by atoms with Gasteiger partial charge in [0, 0.05) is 22.2 Å². The maximum absolute atomic E-state index is 11.9. The Morgan fingerprint density at radius 1 is 1.32 bits per heavy atom. The average Bonchev–Trinajstić information content (AvgIpc) is 3.13. The molecule has 1 aromatic carbocycles. The van der Waals surface area contributed by atoms with Gasteiger partial charge < -0.3 is 9.63 Å². The highest BCUT2D eigenvalue weighted by Crippen LogP contribution is 2.29. The van der Waals surface area contributed by atoms with Crippen LogP contribution >= 0.6 is 11.3 Å². The molecule has 2 aromatic heterocycles. The third-order valence-corrected chi connectivity index (χ3v) is 5.60. The number of thiophene rings is 1. The van der Waals surface area contributed by atoms with Gasteiger partial charge in [-0.15, -0.1) is 11.3 Å². The average molecular weight is 338 g/mol. The van der Waals surface area contributed by atoms with Crippen LogP contribution < -0.4 is 4.72 Å². The number of hydrogen-bond donors (Lipinski definition) is 2. The van der Waals surface area contributed by atoms with Gasteiger partial charge in [-0.1, -0.05) is 23.4 Å². The molecule has 3 rings (SSSR count). The van der Waals surface area contributed by atoms with Crippen LogP contribution in [0.25, 0.3) is 10.1 Å². The summed E-state index contributed by atoms with van der Waals surface area (Å²) in [5.41, 5.74) is 0.323. The number of hydrogen-bond acceptors (Lipinski definition) is 6. The van der Waals surface area contributed by atoms with E-state index in [1.54, 1.807) is 0 Å². The summed E-state index contributed by atoms with van der Waals surface area (Å²) in [4.78, 5) is 0.727. The lowest BCUT2D eigenvalue weighted by atomic mass is 10.2. The predicted molar refractivity (Wildman–Crippen MR) is 83.9 cm³/mol. The number of aromatic nitrogens is 1. The Balaban J connectivity index is 1.65. The summed E-state index contributed by atoms with van der Waals surface area (Å²) in [5.74, 6) is -0.275. The second-order valence-corrected chi connectivity index (χ2v) is 7.72. The van der Waals surface area contributed by atoms with Gasteiger partial charge in [-0.05, 0) is 17.5 Å². The van der Waals surface area contributed by atoms with Crippen LogP contribution in [0.5, 0.6) is 0 Å². The maximum Gasteiger partial charge on any atom is 0.217 e. The predicted octanol–water partition coefficient (Wildman–Crippen LogP) is 2.04. The first-order chi connectivity index (χ1) is 10.5. The van der Waals surface area contributed by atoms with E-state index in [0.29, 0.717) is 5.69 Å². The first kappa shape index (κ1) is 15.2. The van der Waals surface area contributed by atoms with Crippen LogP contribution in [0.15, 0.2) is 47.2 Å². The molecule has 0 aliphatic carbocycles. The fourth-order valence-corrected chi connectivity index (χ4v) is 4.13. The molecule has 0 spiro atoms. The van der Waals surface area contributed by atoms with E-state index in [0.717, 1.165) is 15.0 Å². The molecular weight excluding hydrogens is 324 g/mol. The maximum atomic E-state index is 11.9. The Hall–Kier alpha value is -1.74. The standard InChI is InChI=1S/C14H14N2O4S2/c17-12(14-7-10-3-1-2-4-13(10)21-14)8-15-22(18,19)9-11-5-6-20-16-11/h1-7,12,15,17H,8-9H2. The molecule has 22 heavy (non-hydrogen) atoms. The van der Waals surface area contributed by atoms with Crippen molar-refractivity contribution in [2.24, 2.45) is 0 Å². The Kier molecular flexibility index (Phi) is 4.25. The molecule has 6 nitrogen and oxygen atoms in total. The molecule has 0 aliphatic heterocycles. The van der Waals surface area contributed by atoms with Crippen molar-refractivity contribution >= 4 is 31.4 Å². The molecule has 8 heteroatoms. The SMILES string of the molecule is O=S(=O)(Cc1ccon1)NCC(O)c1cc2ccccc2s1. The summed E-state index contributed by atoms with van der Waals surface area (Å²) in [6.07, 6.45) is 0.432. The Morgan fingerprint density at radius 3 is 2.86 bits per heavy atom. The second-order valence-electron chi connectivity index (χ2n) is 4.80. The lowest BCUT2D eigenvalue weighted by Gasteiger charge is -2.10. The zero-order valence-corrected chi connectivity index (χ0v) is 13.1. The molecule has 0 saturated carbocycles. The highest BCUT2D eigenvalue weighted by molar-refractivity contribution is 7.88. The summed E-state index contributed by atoms with van der Waals surface area (Å²) in [7, 11) is -3.57. The van der Waals surface area contributed by atoms with E-state index >= 15 is 0 Å². The van der Waals surface area contributed by atoms with E-state index in [9.17, 15) is 13.5 Å². The third kappa shape index (κ3) is 3.53. The minimum absolute atomic E-state index is 0.0764. The van der Waals surface area contributed by atoms with Gasteiger partial charge in [-0.2, -0.15) is 0 Å². The van der Waals surface area contributed by atoms with Crippen molar-refractivity contribution in [3.63, 3.8) is 0 Å². The first-order valence-corrected chi connectivity index (χ1v) is 9.03. The molecule has 0 bridgehead atoms.